The van der Waals surface area contributed by atoms with E-state index in [1.54, 1.807) is 34.1 Å². The van der Waals surface area contributed by atoms with E-state index in [0.29, 0.717) is 42.3 Å². The summed E-state index contributed by atoms with van der Waals surface area (Å²) in [4.78, 5) is 28.3. The van der Waals surface area contributed by atoms with Gasteiger partial charge in [0.05, 0.1) is 10.6 Å². The third-order valence-electron chi connectivity index (χ3n) is 4.09. The van der Waals surface area contributed by atoms with Crippen molar-refractivity contribution in [2.75, 3.05) is 26.2 Å². The molecule has 7 heteroatoms. The van der Waals surface area contributed by atoms with Crippen molar-refractivity contribution in [2.24, 2.45) is 0 Å². The van der Waals surface area contributed by atoms with Crippen LogP contribution in [0.1, 0.15) is 20.7 Å². The first kappa shape index (κ1) is 17.9. The van der Waals surface area contributed by atoms with Crippen molar-refractivity contribution in [3.8, 4) is 0 Å². The zero-order chi connectivity index (χ0) is 18.0. The lowest BCUT2D eigenvalue weighted by Crippen LogP contribution is -2.50. The van der Waals surface area contributed by atoms with E-state index in [1.165, 1.54) is 18.2 Å². The summed E-state index contributed by atoms with van der Waals surface area (Å²) in [5.74, 6) is -0.826. The van der Waals surface area contributed by atoms with Crippen LogP contribution < -0.4 is 0 Å². The van der Waals surface area contributed by atoms with Crippen LogP contribution in [0.2, 0.25) is 5.02 Å². The molecule has 25 heavy (non-hydrogen) atoms. The second-order valence-corrected chi connectivity index (χ2v) is 7.04. The first-order valence-corrected chi connectivity index (χ1v) is 8.92. The molecule has 0 radical (unpaired) electrons. The number of carbonyl (C=O) groups is 2. The molecule has 1 fully saturated rings. The molecule has 0 bridgehead atoms. The highest BCUT2D eigenvalue weighted by molar-refractivity contribution is 9.10. The number of nitrogens with zero attached hydrogens (tertiary/aromatic N) is 2. The van der Waals surface area contributed by atoms with Gasteiger partial charge in [-0.2, -0.15) is 0 Å². The van der Waals surface area contributed by atoms with E-state index in [1.807, 2.05) is 0 Å². The van der Waals surface area contributed by atoms with Crippen molar-refractivity contribution < 1.29 is 14.0 Å². The molecule has 2 aromatic carbocycles. The molecule has 0 aromatic heterocycles. The lowest BCUT2D eigenvalue weighted by atomic mass is 10.1. The van der Waals surface area contributed by atoms with Crippen LogP contribution in [0.5, 0.6) is 0 Å². The van der Waals surface area contributed by atoms with Crippen molar-refractivity contribution >= 4 is 39.3 Å². The Bertz CT molecular complexity index is 822. The predicted octanol–water partition coefficient (Wildman–Crippen LogP) is 3.84. The fourth-order valence-electron chi connectivity index (χ4n) is 2.75. The smallest absolute Gasteiger partial charge is 0.255 e. The monoisotopic (exact) mass is 424 g/mol. The number of rotatable bonds is 2. The number of piperazine rings is 1. The van der Waals surface area contributed by atoms with Gasteiger partial charge in [0, 0.05) is 36.2 Å². The number of hydrogen-bond acceptors (Lipinski definition) is 2. The lowest BCUT2D eigenvalue weighted by Gasteiger charge is -2.35. The normalized spacial score (nSPS) is 14.5. The summed E-state index contributed by atoms with van der Waals surface area (Å²) in [6.45, 7) is 1.61. The summed E-state index contributed by atoms with van der Waals surface area (Å²) in [6, 6.07) is 10.7. The maximum absolute atomic E-state index is 13.3. The van der Waals surface area contributed by atoms with E-state index < -0.39 is 5.82 Å². The Kier molecular flexibility index (Phi) is 5.39. The summed E-state index contributed by atoms with van der Waals surface area (Å²) in [6.07, 6.45) is 0. The van der Waals surface area contributed by atoms with Gasteiger partial charge in [-0.3, -0.25) is 9.59 Å². The van der Waals surface area contributed by atoms with Crippen LogP contribution in [0.3, 0.4) is 0 Å². The van der Waals surface area contributed by atoms with E-state index in [4.69, 9.17) is 11.6 Å². The Balaban J connectivity index is 1.65. The second-order valence-electron chi connectivity index (χ2n) is 5.72. The predicted molar refractivity (Wildman–Crippen MR) is 97.4 cm³/mol. The van der Waals surface area contributed by atoms with Crippen LogP contribution >= 0.6 is 27.5 Å². The zero-order valence-corrected chi connectivity index (χ0v) is 15.6. The SMILES string of the molecule is O=C(c1cccc(F)c1)N1CCN(C(=O)c2ccc(Br)cc2Cl)CC1. The first-order chi connectivity index (χ1) is 12.0. The van der Waals surface area contributed by atoms with Gasteiger partial charge in [0.1, 0.15) is 5.82 Å². The van der Waals surface area contributed by atoms with Crippen LogP contribution in [-0.4, -0.2) is 47.8 Å². The lowest BCUT2D eigenvalue weighted by molar-refractivity contribution is 0.0535. The van der Waals surface area contributed by atoms with Crippen molar-refractivity contribution in [3.05, 3.63) is 68.9 Å². The van der Waals surface area contributed by atoms with Gasteiger partial charge < -0.3 is 9.80 Å². The molecule has 0 saturated carbocycles. The molecular formula is C18H15BrClFN2O2. The van der Waals surface area contributed by atoms with Crippen molar-refractivity contribution in [3.63, 3.8) is 0 Å². The Morgan fingerprint density at radius 2 is 1.60 bits per heavy atom. The van der Waals surface area contributed by atoms with E-state index in [9.17, 15) is 14.0 Å². The maximum Gasteiger partial charge on any atom is 0.255 e. The van der Waals surface area contributed by atoms with Gasteiger partial charge in [0.15, 0.2) is 0 Å². The van der Waals surface area contributed by atoms with Crippen molar-refractivity contribution in [1.82, 2.24) is 9.80 Å². The largest absolute Gasteiger partial charge is 0.335 e. The second kappa shape index (κ2) is 7.54. The van der Waals surface area contributed by atoms with Crippen LogP contribution in [0.25, 0.3) is 0 Å². The molecule has 0 atom stereocenters. The number of amides is 2. The Morgan fingerprint density at radius 1 is 0.960 bits per heavy atom. The molecule has 0 aliphatic carbocycles. The van der Waals surface area contributed by atoms with E-state index in [2.05, 4.69) is 15.9 Å². The van der Waals surface area contributed by atoms with Gasteiger partial charge in [-0.05, 0) is 36.4 Å². The minimum absolute atomic E-state index is 0.157. The average Bonchev–Trinajstić information content (AvgIpc) is 2.61. The van der Waals surface area contributed by atoms with Gasteiger partial charge in [0.25, 0.3) is 11.8 Å². The van der Waals surface area contributed by atoms with Crippen LogP contribution in [0.4, 0.5) is 4.39 Å². The Hall–Kier alpha value is -1.92. The summed E-state index contributed by atoms with van der Waals surface area (Å²) < 4.78 is 14.1. The molecule has 3 rings (SSSR count). The van der Waals surface area contributed by atoms with Gasteiger partial charge in [-0.1, -0.05) is 33.6 Å². The molecule has 1 saturated heterocycles. The van der Waals surface area contributed by atoms with Gasteiger partial charge in [-0.15, -0.1) is 0 Å². The molecular weight excluding hydrogens is 411 g/mol. The van der Waals surface area contributed by atoms with E-state index in [-0.39, 0.29) is 11.8 Å². The third kappa shape index (κ3) is 4.02. The fraction of sp³-hybridized carbons (Fsp3) is 0.222. The molecule has 130 valence electrons. The van der Waals surface area contributed by atoms with E-state index in [0.717, 1.165) is 4.47 Å². The number of halogens is 3. The van der Waals surface area contributed by atoms with Crippen LogP contribution in [0, 0.1) is 5.82 Å². The molecule has 0 spiro atoms. The Morgan fingerprint density at radius 3 is 2.20 bits per heavy atom. The number of hydrogen-bond donors (Lipinski definition) is 0. The van der Waals surface area contributed by atoms with Crippen molar-refractivity contribution in [1.29, 1.82) is 0 Å². The minimum Gasteiger partial charge on any atom is -0.335 e. The number of benzene rings is 2. The van der Waals surface area contributed by atoms with Gasteiger partial charge >= 0.3 is 0 Å². The highest BCUT2D eigenvalue weighted by Gasteiger charge is 2.26. The molecule has 2 aromatic rings. The molecule has 0 N–H and O–H groups in total. The van der Waals surface area contributed by atoms with Gasteiger partial charge in [-0.25, -0.2) is 4.39 Å². The van der Waals surface area contributed by atoms with Gasteiger partial charge in [0.2, 0.25) is 0 Å². The molecule has 2 amide bonds. The molecule has 1 heterocycles. The number of carbonyl (C=O) groups excluding carboxylic acids is 2. The average molecular weight is 426 g/mol. The standard InChI is InChI=1S/C18H15BrClFN2O2/c19-13-4-5-15(16(20)11-13)18(25)23-8-6-22(7-9-23)17(24)12-2-1-3-14(21)10-12/h1-5,10-11H,6-9H2. The first-order valence-electron chi connectivity index (χ1n) is 7.75. The minimum atomic E-state index is -0.440. The summed E-state index contributed by atoms with van der Waals surface area (Å²) in [7, 11) is 0. The van der Waals surface area contributed by atoms with Crippen LogP contribution in [-0.2, 0) is 0 Å². The zero-order valence-electron chi connectivity index (χ0n) is 13.2. The molecule has 0 unspecified atom stereocenters. The highest BCUT2D eigenvalue weighted by atomic mass is 79.9. The highest BCUT2D eigenvalue weighted by Crippen LogP contribution is 2.23. The fourth-order valence-corrected chi connectivity index (χ4v) is 3.50. The summed E-state index contributed by atoms with van der Waals surface area (Å²) in [5.41, 5.74) is 0.755. The van der Waals surface area contributed by atoms with Crippen molar-refractivity contribution in [2.45, 2.75) is 0 Å². The quantitative estimate of drug-likeness (QED) is 0.733. The van der Waals surface area contributed by atoms with E-state index >= 15 is 0 Å². The third-order valence-corrected chi connectivity index (χ3v) is 4.89. The summed E-state index contributed by atoms with van der Waals surface area (Å²) in [5, 5.41) is 0.387. The maximum atomic E-state index is 13.3. The van der Waals surface area contributed by atoms with Crippen LogP contribution in [0.15, 0.2) is 46.9 Å². The molecule has 1 aliphatic heterocycles. The Labute approximate surface area is 158 Å². The molecule has 4 nitrogen and oxygen atoms in total. The topological polar surface area (TPSA) is 40.6 Å². The summed E-state index contributed by atoms with van der Waals surface area (Å²) >= 11 is 9.45. The molecule has 1 aliphatic rings.